The number of rotatable bonds is 8. The molecule has 2 N–H and O–H groups in total. The van der Waals surface area contributed by atoms with Crippen molar-refractivity contribution in [3.63, 3.8) is 0 Å². The fourth-order valence-electron chi connectivity index (χ4n) is 2.03. The normalized spacial score (nSPS) is 10.7. The van der Waals surface area contributed by atoms with Gasteiger partial charge in [-0.1, -0.05) is 11.6 Å². The van der Waals surface area contributed by atoms with E-state index in [2.05, 4.69) is 39.6 Å². The van der Waals surface area contributed by atoms with Crippen molar-refractivity contribution in [2.75, 3.05) is 44.9 Å². The highest BCUT2D eigenvalue weighted by Crippen LogP contribution is 2.29. The van der Waals surface area contributed by atoms with E-state index >= 15 is 0 Å². The molecule has 124 valence electrons. The van der Waals surface area contributed by atoms with Gasteiger partial charge in [0.25, 0.3) is 0 Å². The van der Waals surface area contributed by atoms with E-state index in [-0.39, 0.29) is 0 Å². The molecule has 0 aliphatic carbocycles. The Kier molecular flexibility index (Phi) is 6.43. The van der Waals surface area contributed by atoms with Crippen LogP contribution in [0.25, 0.3) is 0 Å². The quantitative estimate of drug-likeness (QED) is 0.722. The molecule has 6 nitrogen and oxygen atoms in total. The monoisotopic (exact) mass is 335 g/mol. The molecular formula is C16H22ClN5O. The number of anilines is 3. The molecule has 7 heteroatoms. The highest BCUT2D eigenvalue weighted by atomic mass is 35.5. The van der Waals surface area contributed by atoms with Gasteiger partial charge in [-0.2, -0.15) is 4.98 Å². The number of halogens is 1. The van der Waals surface area contributed by atoms with Crippen molar-refractivity contribution in [2.24, 2.45) is 0 Å². The van der Waals surface area contributed by atoms with Gasteiger partial charge < -0.3 is 20.3 Å². The maximum Gasteiger partial charge on any atom is 0.229 e. The van der Waals surface area contributed by atoms with Gasteiger partial charge in [0.05, 0.1) is 12.8 Å². The third-order valence-electron chi connectivity index (χ3n) is 3.15. The molecule has 1 heterocycles. The molecule has 0 aliphatic heterocycles. The van der Waals surface area contributed by atoms with Crippen LogP contribution in [0, 0.1) is 0 Å². The lowest BCUT2D eigenvalue weighted by Crippen LogP contribution is -2.16. The van der Waals surface area contributed by atoms with Gasteiger partial charge in [0.1, 0.15) is 11.6 Å². The van der Waals surface area contributed by atoms with Crippen molar-refractivity contribution in [3.8, 4) is 5.75 Å². The minimum atomic E-state index is 0.489. The third kappa shape index (κ3) is 5.58. The summed E-state index contributed by atoms with van der Waals surface area (Å²) in [5.41, 5.74) is 0.727. The lowest BCUT2D eigenvalue weighted by Gasteiger charge is -2.12. The summed E-state index contributed by atoms with van der Waals surface area (Å²) in [7, 11) is 5.73. The number of benzene rings is 1. The van der Waals surface area contributed by atoms with Crippen LogP contribution >= 0.6 is 11.6 Å². The maximum atomic E-state index is 6.03. The van der Waals surface area contributed by atoms with Crippen molar-refractivity contribution in [3.05, 3.63) is 35.5 Å². The van der Waals surface area contributed by atoms with Crippen LogP contribution in [-0.4, -0.2) is 49.2 Å². The van der Waals surface area contributed by atoms with Gasteiger partial charge in [-0.05, 0) is 51.3 Å². The van der Waals surface area contributed by atoms with Crippen molar-refractivity contribution in [1.82, 2.24) is 14.9 Å². The summed E-state index contributed by atoms with van der Waals surface area (Å²) >= 11 is 6.03. The molecule has 0 fully saturated rings. The second-order valence-corrected chi connectivity index (χ2v) is 5.76. The molecule has 0 saturated heterocycles. The molecule has 23 heavy (non-hydrogen) atoms. The summed E-state index contributed by atoms with van der Waals surface area (Å²) in [6.45, 7) is 1.89. The first-order chi connectivity index (χ1) is 11.1. The lowest BCUT2D eigenvalue weighted by molar-refractivity contribution is 0.405. The Morgan fingerprint density at radius 1 is 1.26 bits per heavy atom. The molecule has 2 aromatic rings. The molecule has 0 amide bonds. The zero-order chi connectivity index (χ0) is 16.7. The Labute approximate surface area is 141 Å². The smallest absolute Gasteiger partial charge is 0.229 e. The number of methoxy groups -OCH3 is 1. The first-order valence-electron chi connectivity index (χ1n) is 7.40. The Bertz CT molecular complexity index is 636. The Balaban J connectivity index is 2.01. The van der Waals surface area contributed by atoms with Crippen molar-refractivity contribution in [2.45, 2.75) is 6.42 Å². The summed E-state index contributed by atoms with van der Waals surface area (Å²) in [6.07, 6.45) is 2.75. The second-order valence-electron chi connectivity index (χ2n) is 5.32. The first kappa shape index (κ1) is 17.3. The van der Waals surface area contributed by atoms with Crippen LogP contribution in [0.3, 0.4) is 0 Å². The van der Waals surface area contributed by atoms with Crippen LogP contribution in [-0.2, 0) is 0 Å². The van der Waals surface area contributed by atoms with Crippen LogP contribution in [0.5, 0.6) is 5.75 Å². The van der Waals surface area contributed by atoms with E-state index in [1.807, 2.05) is 6.07 Å². The molecule has 0 radical (unpaired) electrons. The van der Waals surface area contributed by atoms with Crippen LogP contribution < -0.4 is 15.4 Å². The van der Waals surface area contributed by atoms with Gasteiger partial charge in [-0.25, -0.2) is 4.98 Å². The largest absolute Gasteiger partial charge is 0.495 e. The predicted molar refractivity (Wildman–Crippen MR) is 95.0 cm³/mol. The molecule has 0 spiro atoms. The number of nitrogens with zero attached hydrogens (tertiary/aromatic N) is 3. The maximum absolute atomic E-state index is 6.03. The minimum absolute atomic E-state index is 0.489. The van der Waals surface area contributed by atoms with Crippen molar-refractivity contribution in [1.29, 1.82) is 0 Å². The number of nitrogens with one attached hydrogen (secondary N) is 2. The summed E-state index contributed by atoms with van der Waals surface area (Å²) in [5, 5.41) is 7.04. The average molecular weight is 336 g/mol. The summed E-state index contributed by atoms with van der Waals surface area (Å²) in [6, 6.07) is 7.19. The van der Waals surface area contributed by atoms with Gasteiger partial charge in [0.2, 0.25) is 5.95 Å². The highest BCUT2D eigenvalue weighted by molar-refractivity contribution is 6.30. The van der Waals surface area contributed by atoms with Crippen LogP contribution in [0.1, 0.15) is 6.42 Å². The Hall–Kier alpha value is -2.05. The molecule has 0 unspecified atom stereocenters. The molecule has 0 bridgehead atoms. The molecule has 2 rings (SSSR count). The average Bonchev–Trinajstić information content (AvgIpc) is 2.52. The van der Waals surface area contributed by atoms with E-state index in [1.165, 1.54) is 0 Å². The van der Waals surface area contributed by atoms with Gasteiger partial charge in [-0.3, -0.25) is 0 Å². The van der Waals surface area contributed by atoms with E-state index in [9.17, 15) is 0 Å². The first-order valence-corrected chi connectivity index (χ1v) is 7.78. The molecule has 1 aromatic carbocycles. The van der Waals surface area contributed by atoms with Gasteiger partial charge in [-0.15, -0.1) is 0 Å². The highest BCUT2D eigenvalue weighted by Gasteiger charge is 2.06. The van der Waals surface area contributed by atoms with Crippen molar-refractivity contribution >= 4 is 29.1 Å². The zero-order valence-electron chi connectivity index (χ0n) is 13.6. The number of hydrogen-bond donors (Lipinski definition) is 2. The van der Waals surface area contributed by atoms with E-state index < -0.39 is 0 Å². The van der Waals surface area contributed by atoms with E-state index in [0.29, 0.717) is 16.7 Å². The molecule has 0 atom stereocenters. The van der Waals surface area contributed by atoms with Gasteiger partial charge in [0, 0.05) is 17.8 Å². The fourth-order valence-corrected chi connectivity index (χ4v) is 2.20. The van der Waals surface area contributed by atoms with Crippen LogP contribution in [0.2, 0.25) is 5.02 Å². The number of hydrogen-bond acceptors (Lipinski definition) is 6. The standard InChI is InChI=1S/C16H22ClN5O/c1-22(2)10-4-8-18-15-7-9-19-16(21-15)20-13-11-12(17)5-6-14(13)23-3/h5-7,9,11H,4,8,10H2,1-3H3,(H2,18,19,20,21). The summed E-state index contributed by atoms with van der Waals surface area (Å²) in [4.78, 5) is 10.8. The van der Waals surface area contributed by atoms with Crippen molar-refractivity contribution < 1.29 is 4.74 Å². The summed E-state index contributed by atoms with van der Waals surface area (Å²) < 4.78 is 5.31. The molecule has 0 aliphatic rings. The molecular weight excluding hydrogens is 314 g/mol. The Morgan fingerprint density at radius 3 is 2.83 bits per heavy atom. The van der Waals surface area contributed by atoms with E-state index in [4.69, 9.17) is 16.3 Å². The Morgan fingerprint density at radius 2 is 2.09 bits per heavy atom. The SMILES string of the molecule is COc1ccc(Cl)cc1Nc1nccc(NCCCN(C)C)n1. The topological polar surface area (TPSA) is 62.3 Å². The lowest BCUT2D eigenvalue weighted by atomic mass is 10.3. The predicted octanol–water partition coefficient (Wildman–Crippen LogP) is 3.25. The van der Waals surface area contributed by atoms with Crippen LogP contribution in [0.4, 0.5) is 17.5 Å². The summed E-state index contributed by atoms with van der Waals surface area (Å²) in [5.74, 6) is 1.95. The molecule has 0 saturated carbocycles. The van der Waals surface area contributed by atoms with Gasteiger partial charge in [0.15, 0.2) is 0 Å². The fraction of sp³-hybridized carbons (Fsp3) is 0.375. The van der Waals surface area contributed by atoms with E-state index in [0.717, 1.165) is 31.0 Å². The minimum Gasteiger partial charge on any atom is -0.495 e. The number of aromatic nitrogens is 2. The van der Waals surface area contributed by atoms with Gasteiger partial charge >= 0.3 is 0 Å². The zero-order valence-corrected chi connectivity index (χ0v) is 14.4. The third-order valence-corrected chi connectivity index (χ3v) is 3.39. The molecule has 1 aromatic heterocycles. The van der Waals surface area contributed by atoms with Crippen LogP contribution in [0.15, 0.2) is 30.5 Å². The van der Waals surface area contributed by atoms with E-state index in [1.54, 1.807) is 31.5 Å². The second kappa shape index (κ2) is 8.55. The number of ether oxygens (including phenoxy) is 1.